The topological polar surface area (TPSA) is 84.7 Å². The van der Waals surface area contributed by atoms with Crippen LogP contribution in [0.3, 0.4) is 0 Å². The van der Waals surface area contributed by atoms with E-state index in [1.807, 2.05) is 6.07 Å². The standard InChI is InChI=1S/C15H15N3O4/c1-9-7-13(17-22-9)16-14(19)8-18-11-5-3-4-6-12(11)21-10(2)15(18)20/h3-7,10H,8H2,1-2H3,(H,16,17,19)/t10-/m0/s1. The molecule has 7 nitrogen and oxygen atoms in total. The molecule has 7 heteroatoms. The molecule has 114 valence electrons. The Morgan fingerprint density at radius 3 is 2.91 bits per heavy atom. The van der Waals surface area contributed by atoms with Crippen molar-refractivity contribution >= 4 is 23.3 Å². The van der Waals surface area contributed by atoms with Crippen LogP contribution >= 0.6 is 0 Å². The second kappa shape index (κ2) is 5.51. The van der Waals surface area contributed by atoms with Crippen LogP contribution in [-0.2, 0) is 9.59 Å². The molecule has 1 atom stereocenters. The molecule has 3 rings (SSSR count). The predicted octanol–water partition coefficient (Wildman–Crippen LogP) is 1.74. The van der Waals surface area contributed by atoms with Gasteiger partial charge in [-0.1, -0.05) is 17.3 Å². The van der Waals surface area contributed by atoms with Gasteiger partial charge in [-0.25, -0.2) is 0 Å². The molecule has 2 aromatic rings. The summed E-state index contributed by atoms with van der Waals surface area (Å²) in [5.41, 5.74) is 0.581. The Morgan fingerprint density at radius 2 is 2.18 bits per heavy atom. The summed E-state index contributed by atoms with van der Waals surface area (Å²) < 4.78 is 10.4. The SMILES string of the molecule is Cc1cc(NC(=O)CN2C(=O)[C@H](C)Oc3ccccc32)no1. The maximum atomic E-state index is 12.3. The van der Waals surface area contributed by atoms with Gasteiger partial charge in [0.25, 0.3) is 5.91 Å². The number of aryl methyl sites for hydroxylation is 1. The maximum Gasteiger partial charge on any atom is 0.268 e. The monoisotopic (exact) mass is 301 g/mol. The average Bonchev–Trinajstić information content (AvgIpc) is 2.89. The molecule has 0 aliphatic carbocycles. The van der Waals surface area contributed by atoms with Gasteiger partial charge in [-0.2, -0.15) is 0 Å². The van der Waals surface area contributed by atoms with Crippen molar-refractivity contribution in [3.63, 3.8) is 0 Å². The van der Waals surface area contributed by atoms with E-state index in [9.17, 15) is 9.59 Å². The average molecular weight is 301 g/mol. The molecule has 1 N–H and O–H groups in total. The van der Waals surface area contributed by atoms with Crippen molar-refractivity contribution in [2.45, 2.75) is 20.0 Å². The van der Waals surface area contributed by atoms with Crippen LogP contribution in [0.15, 0.2) is 34.9 Å². The third kappa shape index (κ3) is 2.65. The third-order valence-electron chi connectivity index (χ3n) is 3.27. The summed E-state index contributed by atoms with van der Waals surface area (Å²) in [5.74, 6) is 0.886. The molecule has 0 spiro atoms. The van der Waals surface area contributed by atoms with E-state index in [-0.39, 0.29) is 18.4 Å². The predicted molar refractivity (Wildman–Crippen MR) is 78.8 cm³/mol. The first-order chi connectivity index (χ1) is 10.5. The highest BCUT2D eigenvalue weighted by Gasteiger charge is 2.32. The first-order valence-electron chi connectivity index (χ1n) is 6.85. The van der Waals surface area contributed by atoms with Crippen LogP contribution < -0.4 is 15.0 Å². The van der Waals surface area contributed by atoms with E-state index in [4.69, 9.17) is 9.26 Å². The number of hydrogen-bond acceptors (Lipinski definition) is 5. The number of aromatic nitrogens is 1. The first kappa shape index (κ1) is 14.1. The zero-order valence-electron chi connectivity index (χ0n) is 12.2. The van der Waals surface area contributed by atoms with Crippen molar-refractivity contribution in [3.8, 4) is 5.75 Å². The molecule has 0 unspecified atom stereocenters. The van der Waals surface area contributed by atoms with Crippen LogP contribution in [0.2, 0.25) is 0 Å². The van der Waals surface area contributed by atoms with E-state index >= 15 is 0 Å². The Hall–Kier alpha value is -2.83. The Labute approximate surface area is 126 Å². The van der Waals surface area contributed by atoms with Crippen LogP contribution in [0.25, 0.3) is 0 Å². The molecule has 1 aromatic carbocycles. The van der Waals surface area contributed by atoms with Gasteiger partial charge >= 0.3 is 0 Å². The zero-order valence-corrected chi connectivity index (χ0v) is 12.2. The summed E-state index contributed by atoms with van der Waals surface area (Å²) in [5, 5.41) is 6.29. The number of amides is 2. The summed E-state index contributed by atoms with van der Waals surface area (Å²) in [6.45, 7) is 3.27. The third-order valence-corrected chi connectivity index (χ3v) is 3.27. The summed E-state index contributed by atoms with van der Waals surface area (Å²) >= 11 is 0. The van der Waals surface area contributed by atoms with Crippen LogP contribution in [0.4, 0.5) is 11.5 Å². The fourth-order valence-corrected chi connectivity index (χ4v) is 2.27. The Kier molecular flexibility index (Phi) is 3.54. The van der Waals surface area contributed by atoms with Crippen LogP contribution in [0.1, 0.15) is 12.7 Å². The van der Waals surface area contributed by atoms with Crippen LogP contribution in [0.5, 0.6) is 5.75 Å². The number of rotatable bonds is 3. The molecular formula is C15H15N3O4. The van der Waals surface area contributed by atoms with Crippen LogP contribution in [0, 0.1) is 6.92 Å². The first-order valence-corrected chi connectivity index (χ1v) is 6.85. The summed E-state index contributed by atoms with van der Waals surface area (Å²) in [6.07, 6.45) is -0.628. The van der Waals surface area contributed by atoms with Gasteiger partial charge < -0.3 is 14.6 Å². The Bertz CT molecular complexity index is 725. The minimum atomic E-state index is -0.628. The highest BCUT2D eigenvalue weighted by molar-refractivity contribution is 6.05. The molecule has 2 amide bonds. The molecule has 1 aliphatic heterocycles. The molecule has 22 heavy (non-hydrogen) atoms. The maximum absolute atomic E-state index is 12.3. The fraction of sp³-hybridized carbons (Fsp3) is 0.267. The minimum Gasteiger partial charge on any atom is -0.479 e. The van der Waals surface area contributed by atoms with Gasteiger partial charge in [-0.15, -0.1) is 0 Å². The molecule has 1 aliphatic rings. The number of carbonyl (C=O) groups is 2. The largest absolute Gasteiger partial charge is 0.479 e. The molecular weight excluding hydrogens is 286 g/mol. The number of para-hydroxylation sites is 2. The lowest BCUT2D eigenvalue weighted by molar-refractivity contribution is -0.127. The highest BCUT2D eigenvalue weighted by atomic mass is 16.5. The highest BCUT2D eigenvalue weighted by Crippen LogP contribution is 2.33. The Morgan fingerprint density at radius 1 is 1.41 bits per heavy atom. The molecule has 0 bridgehead atoms. The minimum absolute atomic E-state index is 0.116. The van der Waals surface area contributed by atoms with Gasteiger partial charge in [-0.3, -0.25) is 14.5 Å². The smallest absolute Gasteiger partial charge is 0.268 e. The lowest BCUT2D eigenvalue weighted by atomic mass is 10.2. The number of nitrogens with one attached hydrogen (secondary N) is 1. The van der Waals surface area contributed by atoms with E-state index in [0.29, 0.717) is 23.0 Å². The normalized spacial score (nSPS) is 16.9. The number of nitrogens with zero attached hydrogens (tertiary/aromatic N) is 2. The Balaban J connectivity index is 1.78. The molecule has 0 saturated carbocycles. The van der Waals surface area contributed by atoms with Crippen molar-refractivity contribution in [2.75, 3.05) is 16.8 Å². The second-order valence-corrected chi connectivity index (χ2v) is 5.02. The van der Waals surface area contributed by atoms with E-state index in [1.165, 1.54) is 4.90 Å². The number of carbonyl (C=O) groups excluding carboxylic acids is 2. The zero-order chi connectivity index (χ0) is 15.7. The van der Waals surface area contributed by atoms with Crippen molar-refractivity contribution in [2.24, 2.45) is 0 Å². The molecule has 0 fully saturated rings. The number of ether oxygens (including phenoxy) is 1. The van der Waals surface area contributed by atoms with Crippen molar-refractivity contribution in [3.05, 3.63) is 36.1 Å². The fourth-order valence-electron chi connectivity index (χ4n) is 2.27. The summed E-state index contributed by atoms with van der Waals surface area (Å²) in [4.78, 5) is 25.8. The van der Waals surface area contributed by atoms with Gasteiger partial charge in [0, 0.05) is 6.07 Å². The second-order valence-electron chi connectivity index (χ2n) is 5.02. The number of anilines is 2. The quantitative estimate of drug-likeness (QED) is 0.933. The van der Waals surface area contributed by atoms with Gasteiger partial charge in [0.1, 0.15) is 18.1 Å². The lowest BCUT2D eigenvalue weighted by Gasteiger charge is -2.32. The number of hydrogen-bond donors (Lipinski definition) is 1. The number of fused-ring (bicyclic) bond motifs is 1. The number of benzene rings is 1. The van der Waals surface area contributed by atoms with Crippen LogP contribution in [-0.4, -0.2) is 29.6 Å². The van der Waals surface area contributed by atoms with Crippen molar-refractivity contribution < 1.29 is 18.8 Å². The van der Waals surface area contributed by atoms with Crippen molar-refractivity contribution in [1.82, 2.24) is 5.16 Å². The molecule has 2 heterocycles. The lowest BCUT2D eigenvalue weighted by Crippen LogP contribution is -2.47. The van der Waals surface area contributed by atoms with E-state index in [0.717, 1.165) is 0 Å². The van der Waals surface area contributed by atoms with Gasteiger partial charge in [0.2, 0.25) is 5.91 Å². The van der Waals surface area contributed by atoms with Gasteiger partial charge in [0.15, 0.2) is 11.9 Å². The summed E-state index contributed by atoms with van der Waals surface area (Å²) in [6, 6.07) is 8.72. The molecule has 0 radical (unpaired) electrons. The van der Waals surface area contributed by atoms with E-state index in [2.05, 4.69) is 10.5 Å². The van der Waals surface area contributed by atoms with E-state index < -0.39 is 6.10 Å². The molecule has 0 saturated heterocycles. The summed E-state index contributed by atoms with van der Waals surface area (Å²) in [7, 11) is 0. The van der Waals surface area contributed by atoms with Crippen molar-refractivity contribution in [1.29, 1.82) is 0 Å². The van der Waals surface area contributed by atoms with Gasteiger partial charge in [-0.05, 0) is 26.0 Å². The molecule has 1 aromatic heterocycles. The van der Waals surface area contributed by atoms with E-state index in [1.54, 1.807) is 38.1 Å². The van der Waals surface area contributed by atoms with Gasteiger partial charge in [0.05, 0.1) is 5.69 Å².